The van der Waals surface area contributed by atoms with Crippen molar-refractivity contribution in [1.29, 1.82) is 0 Å². The predicted molar refractivity (Wildman–Crippen MR) is 282 cm³/mol. The van der Waals surface area contributed by atoms with E-state index in [1.54, 1.807) is 0 Å². The molecule has 0 radical (unpaired) electrons. The number of ether oxygens (including phenoxy) is 2. The number of rotatable bonds is 55. The molecule has 396 valence electrons. The number of unbranched alkanes of at least 4 members (excludes halogenated alkanes) is 37. The monoisotopic (exact) mass is 970 g/mol. The molecule has 0 heterocycles. The third-order valence-corrected chi connectivity index (χ3v) is 13.7. The molecule has 67 heavy (non-hydrogen) atoms. The Morgan fingerprint density at radius 1 is 0.463 bits per heavy atom. The Kier molecular flexibility index (Phi) is 51.1. The van der Waals surface area contributed by atoms with E-state index in [4.69, 9.17) is 29.4 Å². The molecule has 0 saturated carbocycles. The molecule has 11 heteroatoms. The lowest BCUT2D eigenvalue weighted by Crippen LogP contribution is -2.34. The predicted octanol–water partition coefficient (Wildman–Crippen LogP) is 17.0. The fourth-order valence-electron chi connectivity index (χ4n) is 8.30. The van der Waals surface area contributed by atoms with Crippen LogP contribution in [0.3, 0.4) is 0 Å². The Balaban J connectivity index is 4.05. The summed E-state index contributed by atoms with van der Waals surface area (Å²) < 4.78 is 33.6. The number of carbonyl (C=O) groups excluding carboxylic acids is 1. The lowest BCUT2D eigenvalue weighted by Gasteiger charge is -2.20. The Morgan fingerprint density at radius 3 is 1.13 bits per heavy atom. The van der Waals surface area contributed by atoms with Crippen molar-refractivity contribution in [2.45, 2.75) is 296 Å². The van der Waals surface area contributed by atoms with E-state index in [0.29, 0.717) is 13.0 Å². The summed E-state index contributed by atoms with van der Waals surface area (Å²) in [7, 11) is -4.62. The summed E-state index contributed by atoms with van der Waals surface area (Å²) in [4.78, 5) is 33.8. The van der Waals surface area contributed by atoms with E-state index in [-0.39, 0.29) is 13.0 Å². The number of phosphoric acid groups is 1. The number of carboxylic acids is 1. The van der Waals surface area contributed by atoms with Crippen LogP contribution in [0.4, 0.5) is 0 Å². The Labute approximate surface area is 413 Å². The molecule has 0 aliphatic rings. The second-order valence-electron chi connectivity index (χ2n) is 19.4. The first kappa shape index (κ1) is 65.5. The van der Waals surface area contributed by atoms with Crippen LogP contribution in [0.15, 0.2) is 24.3 Å². The van der Waals surface area contributed by atoms with Crippen molar-refractivity contribution in [1.82, 2.24) is 0 Å². The quantitative estimate of drug-likeness (QED) is 0.0232. The van der Waals surface area contributed by atoms with Gasteiger partial charge in [-0.1, -0.05) is 237 Å². The van der Waals surface area contributed by atoms with Gasteiger partial charge in [-0.15, -0.1) is 0 Å². The van der Waals surface area contributed by atoms with E-state index in [1.165, 1.54) is 218 Å². The molecule has 0 fully saturated rings. The van der Waals surface area contributed by atoms with Crippen molar-refractivity contribution >= 4 is 19.8 Å². The molecule has 10 nitrogen and oxygen atoms in total. The normalized spacial score (nSPS) is 13.7. The van der Waals surface area contributed by atoms with E-state index in [9.17, 15) is 19.0 Å². The zero-order chi connectivity index (χ0) is 49.0. The third kappa shape index (κ3) is 52.1. The average molecular weight is 970 g/mol. The first-order valence-corrected chi connectivity index (χ1v) is 29.9. The van der Waals surface area contributed by atoms with Gasteiger partial charge in [0.05, 0.1) is 19.8 Å². The van der Waals surface area contributed by atoms with Crippen LogP contribution in [0, 0.1) is 0 Å². The number of phosphoric ester groups is 1. The number of aliphatic carboxylic acids is 1. The standard InChI is InChI=1S/C56H108NO9P/c1-3-5-7-9-11-13-15-17-19-21-23-25-26-27-29-31-33-35-37-39-41-43-45-47-49-63-50-53(51-64-67(61,62)65-52-54(57)56(59)60)66-55(58)48-46-44-42-40-38-36-34-32-30-28-24-22-20-18-16-14-12-10-8-6-4-2/h21-24,53-54H,3-20,25-52,57H2,1-2H3,(H,59,60)(H,61,62)/b23-21-,24-22-. The first-order chi connectivity index (χ1) is 32.7. The van der Waals surface area contributed by atoms with Crippen molar-refractivity contribution in [3.63, 3.8) is 0 Å². The average Bonchev–Trinajstić information content (AvgIpc) is 3.31. The molecular formula is C56H108NO9P. The Morgan fingerprint density at radius 2 is 0.776 bits per heavy atom. The van der Waals surface area contributed by atoms with E-state index in [2.05, 4.69) is 38.2 Å². The van der Waals surface area contributed by atoms with Crippen LogP contribution >= 0.6 is 7.82 Å². The fourth-order valence-corrected chi connectivity index (χ4v) is 9.08. The fraction of sp³-hybridized carbons (Fsp3) is 0.893. The van der Waals surface area contributed by atoms with Crippen LogP contribution in [-0.4, -0.2) is 60.5 Å². The molecule has 3 atom stereocenters. The van der Waals surface area contributed by atoms with Crippen LogP contribution in [0.2, 0.25) is 0 Å². The number of hydrogen-bond donors (Lipinski definition) is 3. The molecule has 0 bridgehead atoms. The maximum Gasteiger partial charge on any atom is 0.472 e. The minimum Gasteiger partial charge on any atom is -0.480 e. The van der Waals surface area contributed by atoms with Crippen molar-refractivity contribution in [3.8, 4) is 0 Å². The van der Waals surface area contributed by atoms with Gasteiger partial charge >= 0.3 is 19.8 Å². The zero-order valence-corrected chi connectivity index (χ0v) is 44.7. The molecule has 0 aromatic rings. The van der Waals surface area contributed by atoms with Crippen molar-refractivity contribution < 1.29 is 42.7 Å². The second kappa shape index (κ2) is 52.3. The van der Waals surface area contributed by atoms with E-state index in [1.807, 2.05) is 0 Å². The van der Waals surface area contributed by atoms with Crippen molar-refractivity contribution in [2.75, 3.05) is 26.4 Å². The SMILES string of the molecule is CCCCCCCCCC/C=C\CCCCCCCCCCCCCCOCC(COP(=O)(O)OCC(N)C(=O)O)OC(=O)CCCCCCCCCCC/C=C\CCCCCCCCCC. The van der Waals surface area contributed by atoms with Crippen LogP contribution in [0.25, 0.3) is 0 Å². The lowest BCUT2D eigenvalue weighted by atomic mass is 10.0. The molecule has 4 N–H and O–H groups in total. The van der Waals surface area contributed by atoms with Crippen LogP contribution in [0.5, 0.6) is 0 Å². The molecule has 0 aromatic heterocycles. The Hall–Kier alpha value is -1.55. The summed E-state index contributed by atoms with van der Waals surface area (Å²) in [5.74, 6) is -1.77. The summed E-state index contributed by atoms with van der Waals surface area (Å²) in [5, 5.41) is 8.95. The largest absolute Gasteiger partial charge is 0.480 e. The van der Waals surface area contributed by atoms with Crippen LogP contribution < -0.4 is 5.73 Å². The summed E-state index contributed by atoms with van der Waals surface area (Å²) in [6.07, 6.45) is 61.0. The summed E-state index contributed by atoms with van der Waals surface area (Å²) in [6, 6.07) is -1.47. The summed E-state index contributed by atoms with van der Waals surface area (Å²) in [6.45, 7) is 3.94. The second-order valence-corrected chi connectivity index (χ2v) is 20.9. The van der Waals surface area contributed by atoms with Gasteiger partial charge in [-0.05, 0) is 64.2 Å². The maximum absolute atomic E-state index is 12.7. The summed E-state index contributed by atoms with van der Waals surface area (Å²) >= 11 is 0. The number of nitrogens with two attached hydrogens (primary N) is 1. The minimum atomic E-state index is -4.62. The van der Waals surface area contributed by atoms with Gasteiger partial charge in [0, 0.05) is 13.0 Å². The highest BCUT2D eigenvalue weighted by Crippen LogP contribution is 2.43. The highest BCUT2D eigenvalue weighted by molar-refractivity contribution is 7.47. The minimum absolute atomic E-state index is 0.0199. The van der Waals surface area contributed by atoms with Gasteiger partial charge in [-0.3, -0.25) is 18.6 Å². The van der Waals surface area contributed by atoms with Crippen molar-refractivity contribution in [3.05, 3.63) is 24.3 Å². The van der Waals surface area contributed by atoms with E-state index in [0.717, 1.165) is 38.5 Å². The van der Waals surface area contributed by atoms with Crippen LogP contribution in [0.1, 0.15) is 284 Å². The molecule has 0 rings (SSSR count). The molecule has 0 amide bonds. The highest BCUT2D eigenvalue weighted by atomic mass is 31.2. The summed E-state index contributed by atoms with van der Waals surface area (Å²) in [5.41, 5.74) is 5.39. The lowest BCUT2D eigenvalue weighted by molar-refractivity contribution is -0.154. The van der Waals surface area contributed by atoms with Gasteiger partial charge in [0.2, 0.25) is 0 Å². The highest BCUT2D eigenvalue weighted by Gasteiger charge is 2.27. The first-order valence-electron chi connectivity index (χ1n) is 28.4. The van der Waals surface area contributed by atoms with E-state index >= 15 is 0 Å². The molecule has 3 unspecified atom stereocenters. The smallest absolute Gasteiger partial charge is 0.472 e. The number of carboxylic acid groups (broad SMARTS) is 1. The molecule has 0 aromatic carbocycles. The number of allylic oxidation sites excluding steroid dienone is 4. The van der Waals surface area contributed by atoms with Gasteiger partial charge in [-0.25, -0.2) is 4.57 Å². The molecular weight excluding hydrogens is 862 g/mol. The molecule has 0 aliphatic carbocycles. The number of carbonyl (C=O) groups is 2. The molecule has 0 saturated heterocycles. The topological polar surface area (TPSA) is 155 Å². The van der Waals surface area contributed by atoms with Crippen molar-refractivity contribution in [2.24, 2.45) is 5.73 Å². The maximum atomic E-state index is 12.7. The number of hydrogen-bond acceptors (Lipinski definition) is 8. The third-order valence-electron chi connectivity index (χ3n) is 12.7. The van der Waals surface area contributed by atoms with Gasteiger partial charge < -0.3 is 25.2 Å². The van der Waals surface area contributed by atoms with Gasteiger partial charge in [-0.2, -0.15) is 0 Å². The zero-order valence-electron chi connectivity index (χ0n) is 43.8. The van der Waals surface area contributed by atoms with Gasteiger partial charge in [0.1, 0.15) is 12.1 Å². The Bertz CT molecular complexity index is 1170. The molecule has 0 aliphatic heterocycles. The number of esters is 1. The van der Waals surface area contributed by atoms with E-state index < -0.39 is 45.1 Å². The molecule has 0 spiro atoms. The van der Waals surface area contributed by atoms with Gasteiger partial charge in [0.25, 0.3) is 0 Å². The van der Waals surface area contributed by atoms with Gasteiger partial charge in [0.15, 0.2) is 0 Å². The van der Waals surface area contributed by atoms with Crippen LogP contribution in [-0.2, 0) is 32.7 Å².